The molecule has 2 amide bonds. The van der Waals surface area contributed by atoms with Crippen LogP contribution in [-0.2, 0) is 11.2 Å². The number of anilines is 1. The summed E-state index contributed by atoms with van der Waals surface area (Å²) in [5, 5.41) is 2.91. The molecule has 0 bridgehead atoms. The number of hydrogen-bond donors (Lipinski definition) is 1. The SMILES string of the molecule is C#CC(=O)N1[C@@H](CCCC)Cc2cc(OC)ccc2[C@H]1c1ccc(NC(=O)c2ccncc2)cc1. The number of carbonyl (C=O) groups is 2. The van der Waals surface area contributed by atoms with Gasteiger partial charge in [0, 0.05) is 29.7 Å². The summed E-state index contributed by atoms with van der Waals surface area (Å²) >= 11 is 0. The largest absolute Gasteiger partial charge is 0.497 e. The highest BCUT2D eigenvalue weighted by Gasteiger charge is 2.37. The van der Waals surface area contributed by atoms with Crippen molar-refractivity contribution in [1.29, 1.82) is 0 Å². The first-order chi connectivity index (χ1) is 17.0. The number of nitrogens with zero attached hydrogens (tertiary/aromatic N) is 2. The molecule has 0 radical (unpaired) electrons. The van der Waals surface area contributed by atoms with Crippen LogP contribution in [0.3, 0.4) is 0 Å². The first kappa shape index (κ1) is 24.0. The maximum Gasteiger partial charge on any atom is 0.299 e. The highest BCUT2D eigenvalue weighted by Crippen LogP contribution is 2.40. The van der Waals surface area contributed by atoms with Crippen LogP contribution in [-0.4, -0.2) is 34.8 Å². The van der Waals surface area contributed by atoms with E-state index in [1.54, 1.807) is 31.6 Å². The molecule has 6 heteroatoms. The van der Waals surface area contributed by atoms with E-state index in [4.69, 9.17) is 11.2 Å². The molecule has 4 rings (SSSR count). The third-order valence-electron chi connectivity index (χ3n) is 6.45. The van der Waals surface area contributed by atoms with E-state index in [1.165, 1.54) is 0 Å². The van der Waals surface area contributed by atoms with Crippen molar-refractivity contribution in [1.82, 2.24) is 9.88 Å². The second kappa shape index (κ2) is 10.9. The molecule has 3 aromatic rings. The number of carbonyl (C=O) groups excluding carboxylic acids is 2. The standard InChI is InChI=1S/C29H29N3O3/c1-4-6-7-24-18-22-19-25(35-3)12-13-26(22)28(32(24)27(33)5-2)20-8-10-23(11-9-20)31-29(34)21-14-16-30-17-15-21/h2,8-17,19,24,28H,4,6-7,18H2,1,3H3,(H,31,34)/t24-,28+/m0/s1. The zero-order valence-corrected chi connectivity index (χ0v) is 20.0. The van der Waals surface area contributed by atoms with Crippen LogP contribution >= 0.6 is 0 Å². The Morgan fingerprint density at radius 2 is 1.89 bits per heavy atom. The lowest BCUT2D eigenvalue weighted by molar-refractivity contribution is -0.130. The quantitative estimate of drug-likeness (QED) is 0.496. The fraction of sp³-hybridized carbons (Fsp3) is 0.276. The average molecular weight is 468 g/mol. The van der Waals surface area contributed by atoms with Crippen molar-refractivity contribution in [2.24, 2.45) is 0 Å². The van der Waals surface area contributed by atoms with E-state index < -0.39 is 0 Å². The number of ether oxygens (including phenoxy) is 1. The maximum absolute atomic E-state index is 13.0. The van der Waals surface area contributed by atoms with Crippen molar-refractivity contribution in [3.05, 3.63) is 89.2 Å². The molecule has 0 spiro atoms. The van der Waals surface area contributed by atoms with Gasteiger partial charge in [-0.1, -0.05) is 38.0 Å². The predicted octanol–water partition coefficient (Wildman–Crippen LogP) is 5.01. The first-order valence-electron chi connectivity index (χ1n) is 11.8. The Morgan fingerprint density at radius 3 is 2.54 bits per heavy atom. The van der Waals surface area contributed by atoms with Gasteiger partial charge in [0.15, 0.2) is 0 Å². The van der Waals surface area contributed by atoms with Crippen LogP contribution in [0.4, 0.5) is 5.69 Å². The molecule has 0 aliphatic carbocycles. The van der Waals surface area contributed by atoms with Gasteiger partial charge in [-0.25, -0.2) is 0 Å². The molecule has 0 saturated heterocycles. The van der Waals surface area contributed by atoms with Crippen LogP contribution in [0.5, 0.6) is 5.75 Å². The monoisotopic (exact) mass is 467 g/mol. The Morgan fingerprint density at radius 1 is 1.14 bits per heavy atom. The van der Waals surface area contributed by atoms with E-state index in [0.29, 0.717) is 11.3 Å². The molecule has 178 valence electrons. The van der Waals surface area contributed by atoms with E-state index in [0.717, 1.165) is 48.1 Å². The number of amides is 2. The van der Waals surface area contributed by atoms with Gasteiger partial charge in [0.1, 0.15) is 5.75 Å². The van der Waals surface area contributed by atoms with Gasteiger partial charge in [-0.2, -0.15) is 0 Å². The Balaban J connectivity index is 1.70. The van der Waals surface area contributed by atoms with Crippen molar-refractivity contribution in [3.8, 4) is 18.1 Å². The van der Waals surface area contributed by atoms with Crippen molar-refractivity contribution in [3.63, 3.8) is 0 Å². The topological polar surface area (TPSA) is 71.5 Å². The number of rotatable bonds is 7. The Hall–Kier alpha value is -4.11. The average Bonchev–Trinajstić information content (AvgIpc) is 2.91. The van der Waals surface area contributed by atoms with Gasteiger partial charge in [-0.3, -0.25) is 14.6 Å². The predicted molar refractivity (Wildman–Crippen MR) is 136 cm³/mol. The van der Waals surface area contributed by atoms with Gasteiger partial charge in [0.05, 0.1) is 13.2 Å². The van der Waals surface area contributed by atoms with Crippen LogP contribution in [0.15, 0.2) is 67.0 Å². The third kappa shape index (κ3) is 5.20. The molecule has 1 aliphatic heterocycles. The molecule has 2 heterocycles. The number of benzene rings is 2. The van der Waals surface area contributed by atoms with Gasteiger partial charge < -0.3 is 15.0 Å². The smallest absolute Gasteiger partial charge is 0.299 e. The molecule has 0 saturated carbocycles. The minimum atomic E-state index is -0.319. The van der Waals surface area contributed by atoms with E-state index in [1.807, 2.05) is 41.3 Å². The number of unbranched alkanes of at least 4 members (excludes halogenated alkanes) is 1. The number of fused-ring (bicyclic) bond motifs is 1. The molecule has 2 atom stereocenters. The summed E-state index contributed by atoms with van der Waals surface area (Å²) in [5.41, 5.74) is 4.33. The highest BCUT2D eigenvalue weighted by molar-refractivity contribution is 6.04. The van der Waals surface area contributed by atoms with Gasteiger partial charge >= 0.3 is 0 Å². The third-order valence-corrected chi connectivity index (χ3v) is 6.45. The van der Waals surface area contributed by atoms with Crippen molar-refractivity contribution in [2.45, 2.75) is 44.7 Å². The molecular weight excluding hydrogens is 438 g/mol. The fourth-order valence-electron chi connectivity index (χ4n) is 4.70. The number of pyridine rings is 1. The minimum Gasteiger partial charge on any atom is -0.497 e. The van der Waals surface area contributed by atoms with Crippen molar-refractivity contribution in [2.75, 3.05) is 12.4 Å². The van der Waals surface area contributed by atoms with Gasteiger partial charge in [0.25, 0.3) is 11.8 Å². The van der Waals surface area contributed by atoms with Crippen LogP contribution in [0.1, 0.15) is 59.3 Å². The molecule has 1 N–H and O–H groups in total. The van der Waals surface area contributed by atoms with E-state index in [-0.39, 0.29) is 23.9 Å². The van der Waals surface area contributed by atoms with Gasteiger partial charge in [-0.05, 0) is 71.9 Å². The summed E-state index contributed by atoms with van der Waals surface area (Å²) in [6.07, 6.45) is 12.4. The van der Waals surface area contributed by atoms with E-state index in [9.17, 15) is 9.59 Å². The second-order valence-corrected chi connectivity index (χ2v) is 8.64. The summed E-state index contributed by atoms with van der Waals surface area (Å²) in [4.78, 5) is 31.4. The molecule has 1 aliphatic rings. The summed E-state index contributed by atoms with van der Waals surface area (Å²) in [5.74, 6) is 2.62. The molecule has 35 heavy (non-hydrogen) atoms. The summed E-state index contributed by atoms with van der Waals surface area (Å²) in [6.45, 7) is 2.14. The molecular formula is C29H29N3O3. The Bertz CT molecular complexity index is 1230. The number of nitrogens with one attached hydrogen (secondary N) is 1. The number of methoxy groups -OCH3 is 1. The van der Waals surface area contributed by atoms with Crippen molar-refractivity contribution >= 4 is 17.5 Å². The lowest BCUT2D eigenvalue weighted by Gasteiger charge is -2.43. The molecule has 6 nitrogen and oxygen atoms in total. The normalized spacial score (nSPS) is 16.7. The summed E-state index contributed by atoms with van der Waals surface area (Å²) < 4.78 is 5.47. The maximum atomic E-state index is 13.0. The van der Waals surface area contributed by atoms with Crippen LogP contribution in [0, 0.1) is 12.3 Å². The zero-order valence-electron chi connectivity index (χ0n) is 20.0. The minimum absolute atomic E-state index is 0.00539. The van der Waals surface area contributed by atoms with Crippen LogP contribution < -0.4 is 10.1 Å². The fourth-order valence-corrected chi connectivity index (χ4v) is 4.70. The highest BCUT2D eigenvalue weighted by atomic mass is 16.5. The molecule has 0 unspecified atom stereocenters. The number of hydrogen-bond acceptors (Lipinski definition) is 4. The molecule has 2 aromatic carbocycles. The zero-order chi connectivity index (χ0) is 24.8. The first-order valence-corrected chi connectivity index (χ1v) is 11.8. The number of terminal acetylenes is 1. The second-order valence-electron chi connectivity index (χ2n) is 8.64. The Kier molecular flexibility index (Phi) is 7.47. The van der Waals surface area contributed by atoms with Gasteiger partial charge in [0.2, 0.25) is 0 Å². The molecule has 1 aromatic heterocycles. The van der Waals surface area contributed by atoms with Crippen molar-refractivity contribution < 1.29 is 14.3 Å². The van der Waals surface area contributed by atoms with Crippen LogP contribution in [0.2, 0.25) is 0 Å². The van der Waals surface area contributed by atoms with Gasteiger partial charge in [-0.15, -0.1) is 6.42 Å². The lowest BCUT2D eigenvalue weighted by atomic mass is 9.83. The molecule has 0 fully saturated rings. The van der Waals surface area contributed by atoms with E-state index in [2.05, 4.69) is 29.2 Å². The van der Waals surface area contributed by atoms with E-state index >= 15 is 0 Å². The Labute approximate surface area is 206 Å². The number of aromatic nitrogens is 1. The van der Waals surface area contributed by atoms with Crippen LogP contribution in [0.25, 0.3) is 0 Å². The lowest BCUT2D eigenvalue weighted by Crippen LogP contribution is -2.47. The summed E-state index contributed by atoms with van der Waals surface area (Å²) in [6, 6.07) is 16.6. The summed E-state index contributed by atoms with van der Waals surface area (Å²) in [7, 11) is 1.66.